The zero-order valence-electron chi connectivity index (χ0n) is 9.66. The van der Waals surface area contributed by atoms with Crippen LogP contribution < -0.4 is 11.1 Å². The van der Waals surface area contributed by atoms with Gasteiger partial charge in [0.05, 0.1) is 12.5 Å². The minimum atomic E-state index is -0.152. The van der Waals surface area contributed by atoms with Crippen molar-refractivity contribution >= 4 is 5.91 Å². The molecule has 0 saturated heterocycles. The number of rotatable bonds is 7. The Morgan fingerprint density at radius 1 is 1.60 bits per heavy atom. The van der Waals surface area contributed by atoms with E-state index in [1.165, 1.54) is 12.8 Å². The topological polar surface area (TPSA) is 64.3 Å². The summed E-state index contributed by atoms with van der Waals surface area (Å²) in [7, 11) is 1.58. The Balaban J connectivity index is 2.11. The number of ether oxygens (including phenoxy) is 1. The van der Waals surface area contributed by atoms with Gasteiger partial charge in [0.15, 0.2) is 0 Å². The summed E-state index contributed by atoms with van der Waals surface area (Å²) in [4.78, 5) is 11.5. The van der Waals surface area contributed by atoms with Crippen LogP contribution in [0, 0.1) is 11.8 Å². The van der Waals surface area contributed by atoms with E-state index in [4.69, 9.17) is 10.5 Å². The van der Waals surface area contributed by atoms with Crippen LogP contribution in [0.4, 0.5) is 0 Å². The summed E-state index contributed by atoms with van der Waals surface area (Å²) in [6.07, 6.45) is 2.85. The molecular formula is C11H22N2O2. The van der Waals surface area contributed by atoms with E-state index >= 15 is 0 Å². The van der Waals surface area contributed by atoms with Gasteiger partial charge >= 0.3 is 0 Å². The summed E-state index contributed by atoms with van der Waals surface area (Å²) in [5.41, 5.74) is 5.44. The third-order valence-corrected chi connectivity index (χ3v) is 3.06. The lowest BCUT2D eigenvalue weighted by atomic mass is 10.1. The second-order valence-electron chi connectivity index (χ2n) is 4.42. The first kappa shape index (κ1) is 12.5. The van der Waals surface area contributed by atoms with E-state index in [0.717, 1.165) is 12.5 Å². The molecule has 3 N–H and O–H groups in total. The number of hydrogen-bond donors (Lipinski definition) is 2. The number of carbonyl (C=O) groups is 1. The quantitative estimate of drug-likeness (QED) is 0.649. The van der Waals surface area contributed by atoms with Gasteiger partial charge in [-0.1, -0.05) is 6.92 Å². The maximum absolute atomic E-state index is 11.5. The molecule has 1 fully saturated rings. The maximum Gasteiger partial charge on any atom is 0.222 e. The maximum atomic E-state index is 11.5. The fourth-order valence-corrected chi connectivity index (χ4v) is 1.65. The fourth-order valence-electron chi connectivity index (χ4n) is 1.65. The second-order valence-corrected chi connectivity index (χ2v) is 4.42. The summed E-state index contributed by atoms with van der Waals surface area (Å²) in [6, 6.07) is 0. The fraction of sp³-hybridized carbons (Fsp3) is 0.909. The second kappa shape index (κ2) is 6.08. The zero-order valence-corrected chi connectivity index (χ0v) is 9.66. The lowest BCUT2D eigenvalue weighted by Crippen LogP contribution is -2.34. The standard InChI is InChI=1S/C11H22N2O2/c1-8(9-3-4-9)7-13-11(14)5-10(6-12)15-2/h8-10H,3-7,12H2,1-2H3,(H,13,14). The van der Waals surface area contributed by atoms with Crippen LogP contribution in [0.25, 0.3) is 0 Å². The molecule has 1 saturated carbocycles. The Hall–Kier alpha value is -0.610. The number of nitrogens with one attached hydrogen (secondary N) is 1. The highest BCUT2D eigenvalue weighted by Gasteiger charge is 2.27. The van der Waals surface area contributed by atoms with Gasteiger partial charge in [-0.2, -0.15) is 0 Å². The van der Waals surface area contributed by atoms with Gasteiger partial charge in [0.2, 0.25) is 5.91 Å². The summed E-state index contributed by atoms with van der Waals surface area (Å²) in [5.74, 6) is 1.48. The van der Waals surface area contributed by atoms with Crippen molar-refractivity contribution in [3.63, 3.8) is 0 Å². The van der Waals surface area contributed by atoms with Crippen molar-refractivity contribution in [3.8, 4) is 0 Å². The molecule has 1 amide bonds. The van der Waals surface area contributed by atoms with Crippen LogP contribution in [0.3, 0.4) is 0 Å². The molecular weight excluding hydrogens is 192 g/mol. The van der Waals surface area contributed by atoms with Crippen molar-refractivity contribution in [1.82, 2.24) is 5.32 Å². The molecule has 0 radical (unpaired) electrons. The predicted octanol–water partition coefficient (Wildman–Crippen LogP) is 0.513. The monoisotopic (exact) mass is 214 g/mol. The first-order valence-electron chi connectivity index (χ1n) is 5.67. The molecule has 88 valence electrons. The molecule has 0 aromatic heterocycles. The molecule has 15 heavy (non-hydrogen) atoms. The van der Waals surface area contributed by atoms with Crippen LogP contribution in [0.5, 0.6) is 0 Å². The molecule has 1 aliphatic carbocycles. The van der Waals surface area contributed by atoms with E-state index in [1.54, 1.807) is 7.11 Å². The minimum Gasteiger partial charge on any atom is -0.380 e. The van der Waals surface area contributed by atoms with Crippen molar-refractivity contribution in [3.05, 3.63) is 0 Å². The highest BCUT2D eigenvalue weighted by molar-refractivity contribution is 5.76. The summed E-state index contributed by atoms with van der Waals surface area (Å²) in [6.45, 7) is 3.36. The van der Waals surface area contributed by atoms with E-state index < -0.39 is 0 Å². The van der Waals surface area contributed by atoms with Gasteiger partial charge in [-0.25, -0.2) is 0 Å². The van der Waals surface area contributed by atoms with E-state index in [0.29, 0.717) is 18.9 Å². The predicted molar refractivity (Wildman–Crippen MR) is 59.4 cm³/mol. The van der Waals surface area contributed by atoms with Crippen LogP contribution in [-0.2, 0) is 9.53 Å². The van der Waals surface area contributed by atoms with Crippen molar-refractivity contribution in [1.29, 1.82) is 0 Å². The Kier molecular flexibility index (Phi) is 5.05. The van der Waals surface area contributed by atoms with E-state index in [2.05, 4.69) is 12.2 Å². The van der Waals surface area contributed by atoms with Gasteiger partial charge in [0.25, 0.3) is 0 Å². The lowest BCUT2D eigenvalue weighted by molar-refractivity contribution is -0.123. The molecule has 0 heterocycles. The van der Waals surface area contributed by atoms with Crippen molar-refractivity contribution in [2.45, 2.75) is 32.3 Å². The average Bonchev–Trinajstić information content (AvgIpc) is 3.06. The smallest absolute Gasteiger partial charge is 0.222 e. The van der Waals surface area contributed by atoms with Crippen LogP contribution in [0.1, 0.15) is 26.2 Å². The van der Waals surface area contributed by atoms with Gasteiger partial charge in [0, 0.05) is 20.2 Å². The van der Waals surface area contributed by atoms with Crippen molar-refractivity contribution in [2.24, 2.45) is 17.6 Å². The minimum absolute atomic E-state index is 0.0415. The molecule has 2 unspecified atom stereocenters. The molecule has 0 spiro atoms. The number of nitrogens with two attached hydrogens (primary N) is 1. The largest absolute Gasteiger partial charge is 0.380 e. The van der Waals surface area contributed by atoms with Gasteiger partial charge in [0.1, 0.15) is 0 Å². The Bertz CT molecular complexity index is 201. The molecule has 0 aromatic rings. The first-order valence-corrected chi connectivity index (χ1v) is 5.67. The molecule has 1 rings (SSSR count). The van der Waals surface area contributed by atoms with Crippen LogP contribution >= 0.6 is 0 Å². The Labute approximate surface area is 91.5 Å². The van der Waals surface area contributed by atoms with E-state index in [9.17, 15) is 4.79 Å². The van der Waals surface area contributed by atoms with Crippen LogP contribution in [0.15, 0.2) is 0 Å². The molecule has 4 nitrogen and oxygen atoms in total. The molecule has 0 aromatic carbocycles. The molecule has 0 aliphatic heterocycles. The van der Waals surface area contributed by atoms with Crippen molar-refractivity contribution in [2.75, 3.05) is 20.2 Å². The normalized spacial score (nSPS) is 19.7. The summed E-state index contributed by atoms with van der Waals surface area (Å²) >= 11 is 0. The molecule has 4 heteroatoms. The Morgan fingerprint density at radius 3 is 2.73 bits per heavy atom. The number of hydrogen-bond acceptors (Lipinski definition) is 3. The van der Waals surface area contributed by atoms with Gasteiger partial charge in [-0.15, -0.1) is 0 Å². The summed E-state index contributed by atoms with van der Waals surface area (Å²) in [5, 5.41) is 2.93. The number of amides is 1. The van der Waals surface area contributed by atoms with Gasteiger partial charge < -0.3 is 15.8 Å². The van der Waals surface area contributed by atoms with Crippen LogP contribution in [-0.4, -0.2) is 32.2 Å². The summed E-state index contributed by atoms with van der Waals surface area (Å²) < 4.78 is 5.05. The highest BCUT2D eigenvalue weighted by atomic mass is 16.5. The number of methoxy groups -OCH3 is 1. The first-order chi connectivity index (χ1) is 7.17. The zero-order chi connectivity index (χ0) is 11.3. The lowest BCUT2D eigenvalue weighted by Gasteiger charge is -2.14. The SMILES string of the molecule is COC(CN)CC(=O)NCC(C)C1CC1. The van der Waals surface area contributed by atoms with Gasteiger partial charge in [-0.05, 0) is 24.7 Å². The average molecular weight is 214 g/mol. The Morgan fingerprint density at radius 2 is 2.27 bits per heavy atom. The van der Waals surface area contributed by atoms with Crippen molar-refractivity contribution < 1.29 is 9.53 Å². The van der Waals surface area contributed by atoms with E-state index in [-0.39, 0.29) is 12.0 Å². The highest BCUT2D eigenvalue weighted by Crippen LogP contribution is 2.35. The van der Waals surface area contributed by atoms with Gasteiger partial charge in [-0.3, -0.25) is 4.79 Å². The van der Waals surface area contributed by atoms with E-state index in [1.807, 2.05) is 0 Å². The van der Waals surface area contributed by atoms with Crippen LogP contribution in [0.2, 0.25) is 0 Å². The molecule has 2 atom stereocenters. The molecule has 1 aliphatic rings. The third kappa shape index (κ3) is 4.62. The third-order valence-electron chi connectivity index (χ3n) is 3.06. The number of carbonyl (C=O) groups excluding carboxylic acids is 1. The molecule has 0 bridgehead atoms.